The van der Waals surface area contributed by atoms with Gasteiger partial charge in [-0.3, -0.25) is 0 Å². The van der Waals surface area contributed by atoms with E-state index in [4.69, 9.17) is 11.6 Å². The molecule has 0 fully saturated rings. The molecule has 1 unspecified atom stereocenters. The summed E-state index contributed by atoms with van der Waals surface area (Å²) in [5.74, 6) is -0.315. The van der Waals surface area contributed by atoms with E-state index in [1.165, 1.54) is 0 Å². The molecule has 0 aliphatic carbocycles. The molecule has 0 saturated carbocycles. The molecule has 0 aromatic heterocycles. The molecule has 1 rings (SSSR count). The molecule has 0 amide bonds. The van der Waals surface area contributed by atoms with E-state index in [-0.39, 0.29) is 5.97 Å². The second-order valence-electron chi connectivity index (χ2n) is 1.61. The minimum Gasteiger partial charge on any atom is -0.439 e. The van der Waals surface area contributed by atoms with E-state index in [2.05, 4.69) is 4.74 Å². The van der Waals surface area contributed by atoms with Gasteiger partial charge in [-0.1, -0.05) is 11.6 Å². The molecule has 0 aromatic carbocycles. The molecule has 8 heavy (non-hydrogen) atoms. The number of cyclic esters (lactones) is 1. The van der Waals surface area contributed by atoms with Crippen LogP contribution < -0.4 is 0 Å². The van der Waals surface area contributed by atoms with Gasteiger partial charge in [0.15, 0.2) is 5.56 Å². The Hall–Kier alpha value is -0.500. The number of alkyl halides is 1. The number of esters is 1. The molecule has 0 bridgehead atoms. The number of hydrogen-bond donors (Lipinski definition) is 0. The van der Waals surface area contributed by atoms with Crippen LogP contribution in [0.25, 0.3) is 0 Å². The van der Waals surface area contributed by atoms with Crippen LogP contribution in [0.4, 0.5) is 0 Å². The number of ether oxygens (including phenoxy) is 1. The average Bonchev–Trinajstić information content (AvgIpc) is 1.85. The Balaban J connectivity index is 2.73. The maximum absolute atomic E-state index is 10.4. The van der Waals surface area contributed by atoms with Gasteiger partial charge in [0.1, 0.15) is 0 Å². The maximum atomic E-state index is 10.4. The van der Waals surface area contributed by atoms with Crippen LogP contribution >= 0.6 is 11.6 Å². The Morgan fingerprint density at radius 3 is 2.62 bits per heavy atom. The summed E-state index contributed by atoms with van der Waals surface area (Å²) in [6, 6.07) is 0. The van der Waals surface area contributed by atoms with Gasteiger partial charge < -0.3 is 4.74 Å². The maximum Gasteiger partial charge on any atom is 0.335 e. The number of carbonyl (C=O) groups is 1. The summed E-state index contributed by atoms with van der Waals surface area (Å²) < 4.78 is 4.51. The van der Waals surface area contributed by atoms with E-state index in [1.54, 1.807) is 13.0 Å². The molecule has 0 spiro atoms. The summed E-state index contributed by atoms with van der Waals surface area (Å²) in [5, 5.41) is 0. The molecular formula is C5H5ClO2. The lowest BCUT2D eigenvalue weighted by Gasteiger charge is -1.93. The minimum atomic E-state index is -0.539. The van der Waals surface area contributed by atoms with Gasteiger partial charge in [-0.05, 0) is 13.0 Å². The van der Waals surface area contributed by atoms with Crippen LogP contribution in [0.1, 0.15) is 6.92 Å². The van der Waals surface area contributed by atoms with E-state index in [9.17, 15) is 4.79 Å². The van der Waals surface area contributed by atoms with Gasteiger partial charge in [-0.15, -0.1) is 0 Å². The summed E-state index contributed by atoms with van der Waals surface area (Å²) in [4.78, 5) is 10.4. The van der Waals surface area contributed by atoms with Crippen molar-refractivity contribution in [2.75, 3.05) is 0 Å². The standard InChI is InChI=1S/C5H5ClO2/c1-3-2-4(6)8-5(3)7/h2,4H,1H3. The van der Waals surface area contributed by atoms with Crippen molar-refractivity contribution in [2.24, 2.45) is 0 Å². The van der Waals surface area contributed by atoms with E-state index in [1.807, 2.05) is 0 Å². The predicted molar refractivity (Wildman–Crippen MR) is 29.5 cm³/mol. The Bertz CT molecular complexity index is 151. The fourth-order valence-corrected chi connectivity index (χ4v) is 0.764. The second-order valence-corrected chi connectivity index (χ2v) is 2.04. The Morgan fingerprint density at radius 2 is 2.50 bits per heavy atom. The van der Waals surface area contributed by atoms with Crippen molar-refractivity contribution in [1.82, 2.24) is 0 Å². The van der Waals surface area contributed by atoms with Gasteiger partial charge >= 0.3 is 5.97 Å². The third-order valence-electron chi connectivity index (χ3n) is 0.923. The van der Waals surface area contributed by atoms with Crippen molar-refractivity contribution in [2.45, 2.75) is 12.5 Å². The van der Waals surface area contributed by atoms with E-state index in [0.717, 1.165) is 0 Å². The van der Waals surface area contributed by atoms with E-state index >= 15 is 0 Å². The van der Waals surface area contributed by atoms with Crippen LogP contribution in [0.2, 0.25) is 0 Å². The average molecular weight is 133 g/mol. The first-order valence-electron chi connectivity index (χ1n) is 2.23. The van der Waals surface area contributed by atoms with Crippen LogP contribution in [0.5, 0.6) is 0 Å². The Morgan fingerprint density at radius 1 is 1.88 bits per heavy atom. The van der Waals surface area contributed by atoms with Gasteiger partial charge in [0, 0.05) is 5.57 Å². The fourth-order valence-electron chi connectivity index (χ4n) is 0.494. The van der Waals surface area contributed by atoms with Crippen LogP contribution in [0, 0.1) is 0 Å². The molecule has 0 saturated heterocycles. The molecule has 1 aliphatic heterocycles. The summed E-state index contributed by atoms with van der Waals surface area (Å²) in [5.41, 5.74) is 0.0486. The lowest BCUT2D eigenvalue weighted by Crippen LogP contribution is -1.99. The highest BCUT2D eigenvalue weighted by Crippen LogP contribution is 2.14. The molecule has 1 heterocycles. The predicted octanol–water partition coefficient (Wildman–Crippen LogP) is 1.05. The van der Waals surface area contributed by atoms with Crippen LogP contribution in [0.3, 0.4) is 0 Å². The molecule has 1 atom stereocenters. The highest BCUT2D eigenvalue weighted by Gasteiger charge is 2.18. The molecule has 44 valence electrons. The quantitative estimate of drug-likeness (QED) is 0.364. The number of carbonyl (C=O) groups excluding carboxylic acids is 1. The molecule has 0 aromatic rings. The zero-order valence-electron chi connectivity index (χ0n) is 4.35. The fraction of sp³-hybridized carbons (Fsp3) is 0.400. The van der Waals surface area contributed by atoms with Crippen molar-refractivity contribution in [3.8, 4) is 0 Å². The van der Waals surface area contributed by atoms with Crippen LogP contribution in [-0.2, 0) is 9.53 Å². The summed E-state index contributed by atoms with van der Waals surface area (Å²) in [7, 11) is 0. The third kappa shape index (κ3) is 0.842. The van der Waals surface area contributed by atoms with Gasteiger partial charge in [0.05, 0.1) is 0 Å². The second kappa shape index (κ2) is 1.78. The zero-order chi connectivity index (χ0) is 6.15. The highest BCUT2D eigenvalue weighted by atomic mass is 35.5. The SMILES string of the molecule is CC1=CC(Cl)OC1=O. The van der Waals surface area contributed by atoms with Crippen LogP contribution in [-0.4, -0.2) is 11.5 Å². The Kier molecular flexibility index (Phi) is 1.26. The van der Waals surface area contributed by atoms with Gasteiger partial charge in [0.25, 0.3) is 0 Å². The first-order valence-corrected chi connectivity index (χ1v) is 2.67. The number of halogens is 1. The molecule has 2 nitrogen and oxygen atoms in total. The monoisotopic (exact) mass is 132 g/mol. The van der Waals surface area contributed by atoms with Crippen molar-refractivity contribution in [1.29, 1.82) is 0 Å². The normalized spacial score (nSPS) is 27.5. The lowest BCUT2D eigenvalue weighted by molar-refractivity contribution is -0.137. The van der Waals surface area contributed by atoms with Gasteiger partial charge in [-0.25, -0.2) is 4.79 Å². The van der Waals surface area contributed by atoms with E-state index < -0.39 is 5.56 Å². The number of rotatable bonds is 0. The van der Waals surface area contributed by atoms with Crippen molar-refractivity contribution in [3.05, 3.63) is 11.6 Å². The smallest absolute Gasteiger partial charge is 0.335 e. The third-order valence-corrected chi connectivity index (χ3v) is 1.14. The lowest BCUT2D eigenvalue weighted by atomic mass is 10.3. The zero-order valence-corrected chi connectivity index (χ0v) is 5.11. The van der Waals surface area contributed by atoms with Crippen molar-refractivity contribution < 1.29 is 9.53 Å². The molecule has 0 radical (unpaired) electrons. The van der Waals surface area contributed by atoms with Gasteiger partial charge in [0.2, 0.25) is 0 Å². The van der Waals surface area contributed by atoms with Crippen molar-refractivity contribution >= 4 is 17.6 Å². The molecular weight excluding hydrogens is 128 g/mol. The summed E-state index contributed by atoms with van der Waals surface area (Å²) >= 11 is 5.38. The number of hydrogen-bond acceptors (Lipinski definition) is 2. The van der Waals surface area contributed by atoms with Crippen molar-refractivity contribution in [3.63, 3.8) is 0 Å². The topological polar surface area (TPSA) is 26.3 Å². The molecule has 1 aliphatic rings. The largest absolute Gasteiger partial charge is 0.439 e. The van der Waals surface area contributed by atoms with Crippen LogP contribution in [0.15, 0.2) is 11.6 Å². The minimum absolute atomic E-state index is 0.315. The summed E-state index contributed by atoms with van der Waals surface area (Å²) in [6.07, 6.45) is 1.57. The highest BCUT2D eigenvalue weighted by molar-refractivity contribution is 6.22. The first-order chi connectivity index (χ1) is 3.70. The first kappa shape index (κ1) is 5.63. The van der Waals surface area contributed by atoms with Gasteiger partial charge in [-0.2, -0.15) is 0 Å². The molecule has 0 N–H and O–H groups in total. The molecule has 3 heteroatoms. The summed E-state index contributed by atoms with van der Waals surface area (Å²) in [6.45, 7) is 1.67. The Labute approximate surface area is 52.1 Å². The van der Waals surface area contributed by atoms with E-state index in [0.29, 0.717) is 5.57 Å².